The Morgan fingerprint density at radius 2 is 2.11 bits per heavy atom. The SMILES string of the molecule is NNC(C1=CCCCCC1)c1ccc(Br)c(Cl)c1. The van der Waals surface area contributed by atoms with Gasteiger partial charge in [-0.05, 0) is 59.3 Å². The van der Waals surface area contributed by atoms with Gasteiger partial charge in [-0.25, -0.2) is 5.43 Å². The van der Waals surface area contributed by atoms with Crippen LogP contribution >= 0.6 is 27.5 Å². The molecule has 0 radical (unpaired) electrons. The van der Waals surface area contributed by atoms with Gasteiger partial charge in [0.1, 0.15) is 0 Å². The van der Waals surface area contributed by atoms with Crippen LogP contribution in [0.2, 0.25) is 5.02 Å². The molecule has 0 bridgehead atoms. The standard InChI is InChI=1S/C14H18BrClN2/c15-12-8-7-11(9-13(12)16)14(18-17)10-5-3-1-2-4-6-10/h5,7-9,14,18H,1-4,6,17H2. The average Bonchev–Trinajstić information content (AvgIpc) is 2.64. The Balaban J connectivity index is 2.26. The molecule has 0 spiro atoms. The summed E-state index contributed by atoms with van der Waals surface area (Å²) in [5.74, 6) is 5.73. The molecule has 0 saturated heterocycles. The lowest BCUT2D eigenvalue weighted by atomic mass is 9.96. The third-order valence-electron chi connectivity index (χ3n) is 3.39. The largest absolute Gasteiger partial charge is 0.271 e. The van der Waals surface area contributed by atoms with Crippen LogP contribution in [-0.2, 0) is 0 Å². The molecule has 4 heteroatoms. The van der Waals surface area contributed by atoms with E-state index in [0.717, 1.165) is 27.9 Å². The number of allylic oxidation sites excluding steroid dienone is 1. The van der Waals surface area contributed by atoms with Gasteiger partial charge in [-0.1, -0.05) is 35.7 Å². The van der Waals surface area contributed by atoms with Crippen LogP contribution in [0, 0.1) is 0 Å². The lowest BCUT2D eigenvalue weighted by molar-refractivity contribution is 0.593. The predicted molar refractivity (Wildman–Crippen MR) is 80.4 cm³/mol. The molecule has 98 valence electrons. The minimum Gasteiger partial charge on any atom is -0.271 e. The molecule has 0 saturated carbocycles. The average molecular weight is 330 g/mol. The van der Waals surface area contributed by atoms with Gasteiger partial charge >= 0.3 is 0 Å². The van der Waals surface area contributed by atoms with E-state index in [0.29, 0.717) is 0 Å². The van der Waals surface area contributed by atoms with Crippen molar-refractivity contribution in [2.24, 2.45) is 5.84 Å². The van der Waals surface area contributed by atoms with Gasteiger partial charge in [-0.15, -0.1) is 0 Å². The molecule has 18 heavy (non-hydrogen) atoms. The van der Waals surface area contributed by atoms with E-state index in [-0.39, 0.29) is 6.04 Å². The fourth-order valence-electron chi connectivity index (χ4n) is 2.41. The molecule has 1 aromatic carbocycles. The van der Waals surface area contributed by atoms with E-state index < -0.39 is 0 Å². The Hall–Kier alpha value is -0.350. The quantitative estimate of drug-likeness (QED) is 0.487. The number of nitrogens with two attached hydrogens (primary N) is 1. The zero-order chi connectivity index (χ0) is 13.0. The number of hydrogen-bond donors (Lipinski definition) is 2. The van der Waals surface area contributed by atoms with Gasteiger partial charge in [0.2, 0.25) is 0 Å². The maximum absolute atomic E-state index is 6.15. The lowest BCUT2D eigenvalue weighted by Gasteiger charge is -2.20. The molecule has 1 aliphatic rings. The topological polar surface area (TPSA) is 38.0 Å². The molecule has 1 aliphatic carbocycles. The highest BCUT2D eigenvalue weighted by Gasteiger charge is 2.17. The summed E-state index contributed by atoms with van der Waals surface area (Å²) >= 11 is 9.56. The highest BCUT2D eigenvalue weighted by molar-refractivity contribution is 9.10. The van der Waals surface area contributed by atoms with Gasteiger partial charge in [0.15, 0.2) is 0 Å². The Morgan fingerprint density at radius 1 is 1.28 bits per heavy atom. The predicted octanol–water partition coefficient (Wildman–Crippen LogP) is 4.50. The van der Waals surface area contributed by atoms with Crippen molar-refractivity contribution >= 4 is 27.5 Å². The monoisotopic (exact) mass is 328 g/mol. The van der Waals surface area contributed by atoms with E-state index in [4.69, 9.17) is 17.4 Å². The number of hydrazine groups is 1. The van der Waals surface area contributed by atoms with Crippen LogP contribution in [0.25, 0.3) is 0 Å². The van der Waals surface area contributed by atoms with E-state index in [2.05, 4.69) is 33.5 Å². The van der Waals surface area contributed by atoms with Gasteiger partial charge in [0.25, 0.3) is 0 Å². The van der Waals surface area contributed by atoms with Crippen molar-refractivity contribution in [2.45, 2.75) is 38.1 Å². The van der Waals surface area contributed by atoms with Crippen molar-refractivity contribution in [3.63, 3.8) is 0 Å². The molecule has 0 heterocycles. The third kappa shape index (κ3) is 3.35. The van der Waals surface area contributed by atoms with Crippen molar-refractivity contribution in [3.05, 3.63) is 44.9 Å². The lowest BCUT2D eigenvalue weighted by Crippen LogP contribution is -2.29. The summed E-state index contributed by atoms with van der Waals surface area (Å²) in [4.78, 5) is 0. The van der Waals surface area contributed by atoms with E-state index in [1.165, 1.54) is 24.8 Å². The second-order valence-corrected chi connectivity index (χ2v) is 5.91. The van der Waals surface area contributed by atoms with Crippen LogP contribution in [-0.4, -0.2) is 0 Å². The molecule has 1 unspecified atom stereocenters. The molecule has 0 fully saturated rings. The zero-order valence-corrected chi connectivity index (χ0v) is 12.6. The van der Waals surface area contributed by atoms with Gasteiger partial charge < -0.3 is 0 Å². The summed E-state index contributed by atoms with van der Waals surface area (Å²) in [6.45, 7) is 0. The second-order valence-electron chi connectivity index (χ2n) is 4.65. The number of halogens is 2. The zero-order valence-electron chi connectivity index (χ0n) is 10.3. The molecule has 2 nitrogen and oxygen atoms in total. The molecule has 1 atom stereocenters. The van der Waals surface area contributed by atoms with E-state index in [9.17, 15) is 0 Å². The summed E-state index contributed by atoms with van der Waals surface area (Å²) in [7, 11) is 0. The first-order valence-corrected chi connectivity index (χ1v) is 7.49. The molecular weight excluding hydrogens is 312 g/mol. The number of benzene rings is 1. The smallest absolute Gasteiger partial charge is 0.0670 e. The van der Waals surface area contributed by atoms with Crippen molar-refractivity contribution in [3.8, 4) is 0 Å². The molecule has 0 aromatic heterocycles. The van der Waals surface area contributed by atoms with Crippen LogP contribution in [0.3, 0.4) is 0 Å². The Bertz CT molecular complexity index is 445. The Kier molecular flexibility index (Phi) is 5.25. The molecule has 1 aromatic rings. The van der Waals surface area contributed by atoms with E-state index >= 15 is 0 Å². The molecule has 2 rings (SSSR count). The van der Waals surface area contributed by atoms with Crippen molar-refractivity contribution in [1.29, 1.82) is 0 Å². The maximum atomic E-state index is 6.15. The minimum absolute atomic E-state index is 0.0775. The van der Waals surface area contributed by atoms with Gasteiger partial charge in [0.05, 0.1) is 11.1 Å². The summed E-state index contributed by atoms with van der Waals surface area (Å²) in [6.07, 6.45) is 8.42. The minimum atomic E-state index is 0.0775. The van der Waals surface area contributed by atoms with Crippen LogP contribution < -0.4 is 11.3 Å². The first kappa shape index (κ1) is 14.1. The van der Waals surface area contributed by atoms with Crippen molar-refractivity contribution in [1.82, 2.24) is 5.43 Å². The normalized spacial score (nSPS) is 18.1. The number of hydrogen-bond acceptors (Lipinski definition) is 2. The summed E-state index contributed by atoms with van der Waals surface area (Å²) in [5.41, 5.74) is 5.43. The summed E-state index contributed by atoms with van der Waals surface area (Å²) in [6, 6.07) is 6.08. The number of nitrogens with one attached hydrogen (secondary N) is 1. The second kappa shape index (κ2) is 6.71. The molecule has 0 aliphatic heterocycles. The maximum Gasteiger partial charge on any atom is 0.0670 e. The third-order valence-corrected chi connectivity index (χ3v) is 4.62. The van der Waals surface area contributed by atoms with Crippen LogP contribution in [0.5, 0.6) is 0 Å². The van der Waals surface area contributed by atoms with Crippen LogP contribution in [0.1, 0.15) is 43.7 Å². The fraction of sp³-hybridized carbons (Fsp3) is 0.429. The Labute approximate surface area is 122 Å². The molecular formula is C14H18BrClN2. The van der Waals surface area contributed by atoms with E-state index in [1.807, 2.05) is 12.1 Å². The van der Waals surface area contributed by atoms with Crippen LogP contribution in [0.4, 0.5) is 0 Å². The van der Waals surface area contributed by atoms with Gasteiger partial charge in [-0.3, -0.25) is 5.84 Å². The fourth-order valence-corrected chi connectivity index (χ4v) is 2.85. The van der Waals surface area contributed by atoms with Crippen molar-refractivity contribution < 1.29 is 0 Å². The first-order chi connectivity index (χ1) is 8.72. The first-order valence-electron chi connectivity index (χ1n) is 6.32. The summed E-state index contributed by atoms with van der Waals surface area (Å²) in [5, 5.41) is 0.724. The highest BCUT2D eigenvalue weighted by Crippen LogP contribution is 2.32. The molecule has 0 amide bonds. The summed E-state index contributed by atoms with van der Waals surface area (Å²) < 4.78 is 0.915. The van der Waals surface area contributed by atoms with Crippen LogP contribution in [0.15, 0.2) is 34.3 Å². The van der Waals surface area contributed by atoms with Gasteiger partial charge in [0, 0.05) is 4.47 Å². The van der Waals surface area contributed by atoms with Gasteiger partial charge in [-0.2, -0.15) is 0 Å². The number of rotatable bonds is 3. The van der Waals surface area contributed by atoms with Crippen molar-refractivity contribution in [2.75, 3.05) is 0 Å². The van der Waals surface area contributed by atoms with E-state index in [1.54, 1.807) is 0 Å². The highest BCUT2D eigenvalue weighted by atomic mass is 79.9. The Morgan fingerprint density at radius 3 is 2.83 bits per heavy atom. The molecule has 3 N–H and O–H groups in total.